The van der Waals surface area contributed by atoms with Gasteiger partial charge in [0, 0.05) is 30.6 Å². The summed E-state index contributed by atoms with van der Waals surface area (Å²) in [5, 5.41) is 10.3. The summed E-state index contributed by atoms with van der Waals surface area (Å²) in [7, 11) is 1.72. The third-order valence-electron chi connectivity index (χ3n) is 5.51. The van der Waals surface area contributed by atoms with Gasteiger partial charge in [0.05, 0.1) is 24.4 Å². The van der Waals surface area contributed by atoms with Gasteiger partial charge in [-0.3, -0.25) is 4.90 Å². The monoisotopic (exact) mass is 557 g/mol. The molecule has 1 aliphatic heterocycles. The number of nitrogens with zero attached hydrogens (tertiary/aromatic N) is 3. The van der Waals surface area contributed by atoms with E-state index in [0.29, 0.717) is 12.5 Å². The smallest absolute Gasteiger partial charge is 0.191 e. The highest BCUT2D eigenvalue weighted by molar-refractivity contribution is 14.0. The number of nitrogens with one attached hydrogen (secondary N) is 2. The number of methoxy groups -OCH3 is 1. The van der Waals surface area contributed by atoms with Crippen LogP contribution in [0, 0.1) is 19.8 Å². The zero-order chi connectivity index (χ0) is 21.3. The van der Waals surface area contributed by atoms with Crippen molar-refractivity contribution in [2.75, 3.05) is 33.3 Å². The predicted octanol–water partition coefficient (Wildman–Crippen LogP) is 4.35. The maximum absolute atomic E-state index is 5.51. The quantitative estimate of drug-likeness (QED) is 0.287. The highest BCUT2D eigenvalue weighted by Gasteiger charge is 2.20. The normalized spacial score (nSPS) is 15.4. The molecule has 3 rings (SSSR count). The first kappa shape index (κ1) is 25.9. The second-order valence-electron chi connectivity index (χ2n) is 7.97. The van der Waals surface area contributed by atoms with Gasteiger partial charge in [-0.1, -0.05) is 12.1 Å². The molecule has 0 bridgehead atoms. The van der Waals surface area contributed by atoms with Gasteiger partial charge < -0.3 is 15.4 Å². The molecule has 0 amide bonds. The molecule has 6 nitrogen and oxygen atoms in total. The molecule has 2 aromatic rings. The van der Waals surface area contributed by atoms with Crippen LogP contribution in [0.25, 0.3) is 0 Å². The molecule has 1 saturated heterocycles. The van der Waals surface area contributed by atoms with Crippen molar-refractivity contribution in [3.63, 3.8) is 0 Å². The first-order chi connectivity index (χ1) is 14.6. The van der Waals surface area contributed by atoms with Crippen molar-refractivity contribution in [1.29, 1.82) is 0 Å². The fraction of sp³-hybridized carbons (Fsp3) is 0.565. The van der Waals surface area contributed by atoms with Gasteiger partial charge in [-0.05, 0) is 64.3 Å². The topological polar surface area (TPSA) is 61.8 Å². The van der Waals surface area contributed by atoms with E-state index in [1.807, 2.05) is 0 Å². The summed E-state index contributed by atoms with van der Waals surface area (Å²) in [6.07, 6.45) is 2.42. The van der Waals surface area contributed by atoms with E-state index in [4.69, 9.17) is 9.73 Å². The number of benzene rings is 1. The molecule has 8 heteroatoms. The Morgan fingerprint density at radius 1 is 1.26 bits per heavy atom. The number of piperidine rings is 1. The number of halogens is 1. The van der Waals surface area contributed by atoms with E-state index in [-0.39, 0.29) is 24.0 Å². The minimum Gasteiger partial charge on any atom is -0.496 e. The number of rotatable bonds is 8. The number of likely N-dealkylation sites (tertiary alicyclic amines) is 1. The van der Waals surface area contributed by atoms with E-state index in [9.17, 15) is 0 Å². The van der Waals surface area contributed by atoms with Crippen molar-refractivity contribution < 1.29 is 4.74 Å². The summed E-state index contributed by atoms with van der Waals surface area (Å²) >= 11 is 1.74. The summed E-state index contributed by atoms with van der Waals surface area (Å²) in [5.41, 5.74) is 3.51. The van der Waals surface area contributed by atoms with E-state index in [1.165, 1.54) is 24.1 Å². The predicted molar refractivity (Wildman–Crippen MR) is 141 cm³/mol. The van der Waals surface area contributed by atoms with Gasteiger partial charge in [0.25, 0.3) is 0 Å². The Labute approximate surface area is 207 Å². The van der Waals surface area contributed by atoms with Crippen LogP contribution in [-0.4, -0.2) is 49.1 Å². The molecule has 0 aliphatic carbocycles. The lowest BCUT2D eigenvalue weighted by atomic mass is 9.97. The third kappa shape index (κ3) is 8.23. The molecule has 1 aromatic heterocycles. The second-order valence-corrected chi connectivity index (χ2v) is 9.03. The maximum Gasteiger partial charge on any atom is 0.191 e. The number of hydrogen-bond donors (Lipinski definition) is 2. The minimum absolute atomic E-state index is 0. The van der Waals surface area contributed by atoms with Gasteiger partial charge in [-0.25, -0.2) is 9.98 Å². The molecule has 2 N–H and O–H groups in total. The Morgan fingerprint density at radius 3 is 2.68 bits per heavy atom. The molecule has 0 unspecified atom stereocenters. The van der Waals surface area contributed by atoms with Crippen LogP contribution in [0.4, 0.5) is 0 Å². The molecule has 0 spiro atoms. The molecule has 1 aromatic carbocycles. The fourth-order valence-corrected chi connectivity index (χ4v) is 4.39. The van der Waals surface area contributed by atoms with Crippen LogP contribution in [0.5, 0.6) is 5.75 Å². The van der Waals surface area contributed by atoms with Crippen molar-refractivity contribution in [2.24, 2.45) is 10.9 Å². The van der Waals surface area contributed by atoms with Gasteiger partial charge in [0.2, 0.25) is 0 Å². The van der Waals surface area contributed by atoms with Gasteiger partial charge >= 0.3 is 0 Å². The van der Waals surface area contributed by atoms with Crippen LogP contribution < -0.4 is 15.4 Å². The van der Waals surface area contributed by atoms with E-state index in [0.717, 1.165) is 55.0 Å². The number of guanidine groups is 1. The third-order valence-corrected chi connectivity index (χ3v) is 6.33. The number of ether oxygens (including phenoxy) is 1. The van der Waals surface area contributed by atoms with Gasteiger partial charge in [-0.15, -0.1) is 35.3 Å². The van der Waals surface area contributed by atoms with Crippen molar-refractivity contribution in [1.82, 2.24) is 20.5 Å². The SMILES string of the molecule is CCNC(=NCc1ccc(C)cc1OC)NCC1CCN(Cc2csc(C)n2)CC1.I. The lowest BCUT2D eigenvalue weighted by molar-refractivity contribution is 0.176. The Kier molecular flexibility index (Phi) is 11.0. The molecule has 1 aliphatic rings. The maximum atomic E-state index is 5.51. The van der Waals surface area contributed by atoms with Gasteiger partial charge in [-0.2, -0.15) is 0 Å². The highest BCUT2D eigenvalue weighted by atomic mass is 127. The zero-order valence-corrected chi connectivity index (χ0v) is 22.3. The van der Waals surface area contributed by atoms with Gasteiger partial charge in [0.15, 0.2) is 5.96 Å². The van der Waals surface area contributed by atoms with E-state index < -0.39 is 0 Å². The van der Waals surface area contributed by atoms with Gasteiger partial charge in [0.1, 0.15) is 5.75 Å². The first-order valence-corrected chi connectivity index (χ1v) is 11.7. The van der Waals surface area contributed by atoms with Crippen LogP contribution in [0.3, 0.4) is 0 Å². The Balaban J connectivity index is 0.00000341. The Morgan fingerprint density at radius 2 is 2.03 bits per heavy atom. The number of hydrogen-bond acceptors (Lipinski definition) is 5. The van der Waals surface area contributed by atoms with Crippen LogP contribution in [0.1, 0.15) is 41.6 Å². The largest absolute Gasteiger partial charge is 0.496 e. The lowest BCUT2D eigenvalue weighted by Crippen LogP contribution is -2.42. The highest BCUT2D eigenvalue weighted by Crippen LogP contribution is 2.21. The first-order valence-electron chi connectivity index (χ1n) is 10.9. The summed E-state index contributed by atoms with van der Waals surface area (Å²) in [5.74, 6) is 2.45. The molecule has 2 heterocycles. The average molecular weight is 558 g/mol. The fourth-order valence-electron chi connectivity index (χ4n) is 3.79. The summed E-state index contributed by atoms with van der Waals surface area (Å²) < 4.78 is 5.51. The second kappa shape index (κ2) is 13.2. The van der Waals surface area contributed by atoms with E-state index in [2.05, 4.69) is 64.9 Å². The lowest BCUT2D eigenvalue weighted by Gasteiger charge is -2.31. The van der Waals surface area contributed by atoms with Crippen LogP contribution in [-0.2, 0) is 13.1 Å². The molecule has 172 valence electrons. The Hall–Kier alpha value is -1.39. The standard InChI is InChI=1S/C23H35N5OS.HI/c1-5-24-23(26-14-20-7-6-17(2)12-22(20)29-4)25-13-19-8-10-28(11-9-19)15-21-16-30-18(3)27-21;/h6-7,12,16,19H,5,8-11,13-15H2,1-4H3,(H2,24,25,26);1H. The Bertz CT molecular complexity index is 833. The zero-order valence-electron chi connectivity index (χ0n) is 19.1. The van der Waals surface area contributed by atoms with E-state index >= 15 is 0 Å². The van der Waals surface area contributed by atoms with Crippen molar-refractivity contribution >= 4 is 41.3 Å². The molecule has 31 heavy (non-hydrogen) atoms. The van der Waals surface area contributed by atoms with Crippen molar-refractivity contribution in [3.05, 3.63) is 45.4 Å². The van der Waals surface area contributed by atoms with E-state index in [1.54, 1.807) is 18.4 Å². The number of thiazole rings is 1. The summed E-state index contributed by atoms with van der Waals surface area (Å²) in [6, 6.07) is 6.27. The molecule has 0 saturated carbocycles. The average Bonchev–Trinajstić information content (AvgIpc) is 3.16. The van der Waals surface area contributed by atoms with Crippen LogP contribution in [0.2, 0.25) is 0 Å². The van der Waals surface area contributed by atoms with Crippen molar-refractivity contribution in [2.45, 2.75) is 46.7 Å². The molecular formula is C23H36IN5OS. The molecule has 0 atom stereocenters. The van der Waals surface area contributed by atoms with Crippen molar-refractivity contribution in [3.8, 4) is 5.75 Å². The number of aliphatic imine (C=N–C) groups is 1. The minimum atomic E-state index is 0. The molecular weight excluding hydrogens is 521 g/mol. The molecule has 1 fully saturated rings. The van der Waals surface area contributed by atoms with Crippen LogP contribution >= 0.6 is 35.3 Å². The molecule has 0 radical (unpaired) electrons. The number of aryl methyl sites for hydroxylation is 2. The summed E-state index contributed by atoms with van der Waals surface area (Å²) in [4.78, 5) is 11.9. The van der Waals surface area contributed by atoms with Crippen LogP contribution in [0.15, 0.2) is 28.6 Å². The number of aromatic nitrogens is 1. The summed E-state index contributed by atoms with van der Waals surface area (Å²) in [6.45, 7) is 11.9.